The number of nitrogens with zero attached hydrogens (tertiary/aromatic N) is 2. The topological polar surface area (TPSA) is 75.5 Å². The predicted octanol–water partition coefficient (Wildman–Crippen LogP) is 4.01. The van der Waals surface area contributed by atoms with Crippen molar-refractivity contribution in [2.24, 2.45) is 0 Å². The molecule has 0 atom stereocenters. The minimum Gasteiger partial charge on any atom is -0.304 e. The molecule has 0 radical (unpaired) electrons. The maximum atomic E-state index is 13.2. The number of imidazole rings is 1. The Morgan fingerprint density at radius 1 is 0.931 bits per heavy atom. The molecule has 0 saturated carbocycles. The van der Waals surface area contributed by atoms with E-state index in [-0.39, 0.29) is 16.4 Å². The fourth-order valence-corrected chi connectivity index (χ4v) is 2.76. The SMILES string of the molecule is O=C(NNC(=O)c1cc(F)c(F)cc1Cl)c1cn2cc(C(F)(F)F)cc(Cl)c2n1. The fourth-order valence-electron chi connectivity index (χ4n) is 2.26. The largest absolute Gasteiger partial charge is 0.417 e. The number of nitrogens with one attached hydrogen (secondary N) is 2. The molecule has 0 unspecified atom stereocenters. The molecular weight excluding hydrogens is 446 g/mol. The molecule has 0 aliphatic heterocycles. The van der Waals surface area contributed by atoms with Crippen molar-refractivity contribution >= 4 is 40.7 Å². The van der Waals surface area contributed by atoms with Crippen LogP contribution < -0.4 is 10.9 Å². The van der Waals surface area contributed by atoms with Gasteiger partial charge in [0.05, 0.1) is 21.2 Å². The van der Waals surface area contributed by atoms with Crippen LogP contribution in [0.1, 0.15) is 26.4 Å². The van der Waals surface area contributed by atoms with Gasteiger partial charge in [-0.3, -0.25) is 20.4 Å². The maximum absolute atomic E-state index is 13.2. The standard InChI is InChI=1S/C16H7Cl2F5N4O2/c17-8-3-11(20)10(19)2-7(8)14(28)25-26-15(29)12-5-27-4-6(16(21,22)23)1-9(18)13(27)24-12/h1-5H,(H,25,28)(H,26,29). The number of pyridine rings is 1. The van der Waals surface area contributed by atoms with E-state index in [4.69, 9.17) is 23.2 Å². The molecular formula is C16H7Cl2F5N4O2. The summed E-state index contributed by atoms with van der Waals surface area (Å²) < 4.78 is 65.7. The first-order chi connectivity index (χ1) is 13.5. The summed E-state index contributed by atoms with van der Waals surface area (Å²) >= 11 is 11.4. The Morgan fingerprint density at radius 2 is 1.55 bits per heavy atom. The molecule has 0 fully saturated rings. The van der Waals surface area contributed by atoms with E-state index in [0.29, 0.717) is 24.4 Å². The summed E-state index contributed by atoms with van der Waals surface area (Å²) in [4.78, 5) is 27.9. The summed E-state index contributed by atoms with van der Waals surface area (Å²) in [6.45, 7) is 0. The Kier molecular flexibility index (Phi) is 5.37. The van der Waals surface area contributed by atoms with Crippen LogP contribution in [0.5, 0.6) is 0 Å². The molecule has 2 amide bonds. The second-order valence-corrected chi connectivity index (χ2v) is 6.40. The van der Waals surface area contributed by atoms with E-state index in [2.05, 4.69) is 4.98 Å². The molecule has 2 heterocycles. The molecule has 29 heavy (non-hydrogen) atoms. The number of fused-ring (bicyclic) bond motifs is 1. The highest BCUT2D eigenvalue weighted by molar-refractivity contribution is 6.34. The number of hydrogen-bond acceptors (Lipinski definition) is 3. The molecule has 3 rings (SSSR count). The number of carbonyl (C=O) groups excluding carboxylic acids is 2. The van der Waals surface area contributed by atoms with Gasteiger partial charge < -0.3 is 4.40 Å². The van der Waals surface area contributed by atoms with Crippen LogP contribution in [0.15, 0.2) is 30.6 Å². The number of amides is 2. The Bertz CT molecular complexity index is 1150. The predicted molar refractivity (Wildman–Crippen MR) is 91.5 cm³/mol. The minimum atomic E-state index is -4.66. The van der Waals surface area contributed by atoms with E-state index in [9.17, 15) is 31.5 Å². The molecule has 152 valence electrons. The van der Waals surface area contributed by atoms with Crippen molar-refractivity contribution in [3.8, 4) is 0 Å². The van der Waals surface area contributed by atoms with E-state index in [0.717, 1.165) is 10.6 Å². The molecule has 0 saturated heterocycles. The summed E-state index contributed by atoms with van der Waals surface area (Å²) in [5, 5.41) is -0.758. The van der Waals surface area contributed by atoms with Crippen molar-refractivity contribution in [1.82, 2.24) is 20.2 Å². The lowest BCUT2D eigenvalue weighted by Gasteiger charge is -2.07. The van der Waals surface area contributed by atoms with Crippen molar-refractivity contribution < 1.29 is 31.5 Å². The smallest absolute Gasteiger partial charge is 0.304 e. The Balaban J connectivity index is 1.79. The molecule has 13 heteroatoms. The van der Waals surface area contributed by atoms with Gasteiger partial charge in [0.2, 0.25) is 0 Å². The number of hydrogen-bond donors (Lipinski definition) is 2. The summed E-state index contributed by atoms with van der Waals surface area (Å²) in [5.41, 5.74) is 1.82. The van der Waals surface area contributed by atoms with Crippen LogP contribution in [0.2, 0.25) is 10.0 Å². The van der Waals surface area contributed by atoms with Gasteiger partial charge in [-0.1, -0.05) is 23.2 Å². The molecule has 0 aliphatic carbocycles. The van der Waals surface area contributed by atoms with E-state index >= 15 is 0 Å². The van der Waals surface area contributed by atoms with Gasteiger partial charge in [0.15, 0.2) is 17.3 Å². The monoisotopic (exact) mass is 452 g/mol. The lowest BCUT2D eigenvalue weighted by molar-refractivity contribution is -0.137. The molecule has 1 aromatic carbocycles. The highest BCUT2D eigenvalue weighted by Crippen LogP contribution is 2.32. The average molecular weight is 453 g/mol. The number of aromatic nitrogens is 2. The maximum Gasteiger partial charge on any atom is 0.417 e. The van der Waals surface area contributed by atoms with Gasteiger partial charge in [0.1, 0.15) is 5.69 Å². The van der Waals surface area contributed by atoms with Crippen molar-refractivity contribution in [3.05, 3.63) is 69.1 Å². The van der Waals surface area contributed by atoms with Gasteiger partial charge in [0, 0.05) is 12.4 Å². The number of hydrazine groups is 1. The van der Waals surface area contributed by atoms with Gasteiger partial charge >= 0.3 is 6.18 Å². The zero-order valence-electron chi connectivity index (χ0n) is 13.7. The Morgan fingerprint density at radius 3 is 2.21 bits per heavy atom. The van der Waals surface area contributed by atoms with Crippen LogP contribution in [-0.2, 0) is 6.18 Å². The summed E-state index contributed by atoms with van der Waals surface area (Å²) in [7, 11) is 0. The van der Waals surface area contributed by atoms with Crippen molar-refractivity contribution in [2.75, 3.05) is 0 Å². The molecule has 2 aromatic heterocycles. The molecule has 0 aliphatic rings. The summed E-state index contributed by atoms with van der Waals surface area (Å²) in [5.74, 6) is -4.68. The number of benzene rings is 1. The third-order valence-corrected chi connectivity index (χ3v) is 4.20. The summed E-state index contributed by atoms with van der Waals surface area (Å²) in [6.07, 6.45) is -3.02. The molecule has 2 N–H and O–H groups in total. The van der Waals surface area contributed by atoms with Crippen LogP contribution in [0.3, 0.4) is 0 Å². The van der Waals surface area contributed by atoms with Crippen LogP contribution >= 0.6 is 23.2 Å². The number of halogens is 7. The quantitative estimate of drug-likeness (QED) is 0.350. The van der Waals surface area contributed by atoms with E-state index < -0.39 is 45.8 Å². The normalized spacial score (nSPS) is 11.6. The number of carbonyl (C=O) groups is 2. The first-order valence-corrected chi connectivity index (χ1v) is 8.23. The zero-order valence-corrected chi connectivity index (χ0v) is 15.3. The van der Waals surface area contributed by atoms with Crippen LogP contribution in [0, 0.1) is 11.6 Å². The molecule has 0 spiro atoms. The van der Waals surface area contributed by atoms with E-state index in [1.165, 1.54) is 0 Å². The number of rotatable bonds is 2. The third-order valence-electron chi connectivity index (χ3n) is 3.61. The molecule has 0 bridgehead atoms. The lowest BCUT2D eigenvalue weighted by Crippen LogP contribution is -2.42. The highest BCUT2D eigenvalue weighted by Gasteiger charge is 2.32. The fraction of sp³-hybridized carbons (Fsp3) is 0.0625. The van der Waals surface area contributed by atoms with Gasteiger partial charge in [-0.05, 0) is 18.2 Å². The zero-order chi connectivity index (χ0) is 21.5. The van der Waals surface area contributed by atoms with Gasteiger partial charge in [-0.15, -0.1) is 0 Å². The van der Waals surface area contributed by atoms with Crippen LogP contribution in [-0.4, -0.2) is 21.2 Å². The molecule has 6 nitrogen and oxygen atoms in total. The minimum absolute atomic E-state index is 0.125. The molecule has 3 aromatic rings. The highest BCUT2D eigenvalue weighted by atomic mass is 35.5. The summed E-state index contributed by atoms with van der Waals surface area (Å²) in [6, 6.07) is 1.76. The van der Waals surface area contributed by atoms with Gasteiger partial charge in [-0.2, -0.15) is 13.2 Å². The average Bonchev–Trinajstić information content (AvgIpc) is 3.06. The van der Waals surface area contributed by atoms with Crippen molar-refractivity contribution in [3.63, 3.8) is 0 Å². The van der Waals surface area contributed by atoms with E-state index in [1.54, 1.807) is 0 Å². The van der Waals surface area contributed by atoms with Gasteiger partial charge in [-0.25, -0.2) is 13.8 Å². The van der Waals surface area contributed by atoms with E-state index in [1.807, 2.05) is 10.9 Å². The number of alkyl halides is 3. The van der Waals surface area contributed by atoms with Gasteiger partial charge in [0.25, 0.3) is 11.8 Å². The first kappa shape index (κ1) is 20.8. The third kappa shape index (κ3) is 4.25. The Labute approximate surface area is 168 Å². The van der Waals surface area contributed by atoms with Crippen LogP contribution in [0.4, 0.5) is 22.0 Å². The van der Waals surface area contributed by atoms with Crippen molar-refractivity contribution in [1.29, 1.82) is 0 Å². The van der Waals surface area contributed by atoms with Crippen molar-refractivity contribution in [2.45, 2.75) is 6.18 Å². The second kappa shape index (κ2) is 7.48. The van der Waals surface area contributed by atoms with Crippen LogP contribution in [0.25, 0.3) is 5.65 Å². The second-order valence-electron chi connectivity index (χ2n) is 5.59. The Hall–Kier alpha value is -2.92. The lowest BCUT2D eigenvalue weighted by atomic mass is 10.2. The first-order valence-electron chi connectivity index (χ1n) is 7.48.